The number of rotatable bonds is 7. The first kappa shape index (κ1) is 14.2. The Morgan fingerprint density at radius 3 is 3.06 bits per heavy atom. The zero-order chi connectivity index (χ0) is 12.5. The second-order valence-electron chi connectivity index (χ2n) is 4.24. The Kier molecular flexibility index (Phi) is 6.89. The van der Waals surface area contributed by atoms with Gasteiger partial charge in [0.15, 0.2) is 0 Å². The summed E-state index contributed by atoms with van der Waals surface area (Å²) in [7, 11) is 0. The first-order valence-electron chi connectivity index (χ1n) is 6.56. The summed E-state index contributed by atoms with van der Waals surface area (Å²) >= 11 is 0. The van der Waals surface area contributed by atoms with Gasteiger partial charge in [0.25, 0.3) is 0 Å². The van der Waals surface area contributed by atoms with Crippen molar-refractivity contribution < 1.29 is 9.53 Å². The second-order valence-corrected chi connectivity index (χ2v) is 4.24. The van der Waals surface area contributed by atoms with Crippen LogP contribution in [0.5, 0.6) is 0 Å². The Bertz CT molecular complexity index is 254. The molecule has 4 heteroatoms. The third-order valence-electron chi connectivity index (χ3n) is 3.09. The Morgan fingerprint density at radius 1 is 1.53 bits per heavy atom. The standard InChI is InChI=1S/C13H24N2O2/c1-3-15-10-6-7-12(15)11-14-9-5-8-13(16)17-4-2/h5,8,12,14H,3-4,6-7,9-11H2,1-2H3/b8-5+. The highest BCUT2D eigenvalue weighted by Gasteiger charge is 2.21. The van der Waals surface area contributed by atoms with Gasteiger partial charge in [-0.3, -0.25) is 4.90 Å². The maximum Gasteiger partial charge on any atom is 0.330 e. The largest absolute Gasteiger partial charge is 0.463 e. The summed E-state index contributed by atoms with van der Waals surface area (Å²) in [6, 6.07) is 0.663. The van der Waals surface area contributed by atoms with Crippen molar-refractivity contribution in [2.45, 2.75) is 32.7 Å². The lowest BCUT2D eigenvalue weighted by Gasteiger charge is -2.22. The number of likely N-dealkylation sites (tertiary alicyclic amines) is 1. The predicted octanol–water partition coefficient (Wildman–Crippen LogP) is 1.18. The van der Waals surface area contributed by atoms with Gasteiger partial charge in [0.1, 0.15) is 0 Å². The summed E-state index contributed by atoms with van der Waals surface area (Å²) < 4.78 is 4.79. The van der Waals surface area contributed by atoms with Crippen molar-refractivity contribution in [3.8, 4) is 0 Å². The summed E-state index contributed by atoms with van der Waals surface area (Å²) in [5.74, 6) is -0.259. The van der Waals surface area contributed by atoms with Crippen LogP contribution in [0.25, 0.3) is 0 Å². The van der Waals surface area contributed by atoms with Gasteiger partial charge >= 0.3 is 5.97 Å². The molecule has 0 aromatic heterocycles. The zero-order valence-corrected chi connectivity index (χ0v) is 10.9. The minimum absolute atomic E-state index is 0.259. The molecule has 1 unspecified atom stereocenters. The van der Waals surface area contributed by atoms with E-state index in [1.807, 2.05) is 13.0 Å². The molecule has 0 aromatic rings. The Hall–Kier alpha value is -0.870. The molecule has 1 heterocycles. The van der Waals surface area contributed by atoms with E-state index in [-0.39, 0.29) is 5.97 Å². The van der Waals surface area contributed by atoms with Gasteiger partial charge < -0.3 is 10.1 Å². The minimum atomic E-state index is -0.259. The molecule has 0 spiro atoms. The van der Waals surface area contributed by atoms with E-state index >= 15 is 0 Å². The smallest absolute Gasteiger partial charge is 0.330 e. The summed E-state index contributed by atoms with van der Waals surface area (Å²) in [4.78, 5) is 13.5. The molecule has 0 radical (unpaired) electrons. The molecular formula is C13H24N2O2. The van der Waals surface area contributed by atoms with Crippen molar-refractivity contribution in [2.24, 2.45) is 0 Å². The fraction of sp³-hybridized carbons (Fsp3) is 0.769. The summed E-state index contributed by atoms with van der Waals surface area (Å²) in [6.45, 7) is 8.53. The van der Waals surface area contributed by atoms with Crippen molar-refractivity contribution >= 4 is 5.97 Å². The van der Waals surface area contributed by atoms with Crippen molar-refractivity contribution in [2.75, 3.05) is 32.8 Å². The Morgan fingerprint density at radius 2 is 2.35 bits per heavy atom. The van der Waals surface area contributed by atoms with Gasteiger partial charge in [0.2, 0.25) is 0 Å². The molecule has 1 fully saturated rings. The van der Waals surface area contributed by atoms with Gasteiger partial charge in [-0.2, -0.15) is 0 Å². The summed E-state index contributed by atoms with van der Waals surface area (Å²) in [5.41, 5.74) is 0. The molecule has 1 aliphatic rings. The third kappa shape index (κ3) is 5.33. The number of hydrogen-bond donors (Lipinski definition) is 1. The van der Waals surface area contributed by atoms with Crippen LogP contribution in [0.4, 0.5) is 0 Å². The fourth-order valence-corrected chi connectivity index (χ4v) is 2.22. The molecule has 0 saturated carbocycles. The number of esters is 1. The minimum Gasteiger partial charge on any atom is -0.463 e. The van der Waals surface area contributed by atoms with Crippen LogP contribution in [-0.2, 0) is 9.53 Å². The quantitative estimate of drug-likeness (QED) is 0.412. The van der Waals surface area contributed by atoms with Crippen LogP contribution in [0.1, 0.15) is 26.7 Å². The van der Waals surface area contributed by atoms with E-state index in [4.69, 9.17) is 4.74 Å². The topological polar surface area (TPSA) is 41.6 Å². The molecule has 17 heavy (non-hydrogen) atoms. The molecule has 98 valence electrons. The number of carbonyl (C=O) groups is 1. The lowest BCUT2D eigenvalue weighted by atomic mass is 10.2. The molecule has 1 N–H and O–H groups in total. The number of carbonyl (C=O) groups excluding carboxylic acids is 1. The molecule has 1 saturated heterocycles. The number of nitrogens with one attached hydrogen (secondary N) is 1. The highest BCUT2D eigenvalue weighted by Crippen LogP contribution is 2.15. The highest BCUT2D eigenvalue weighted by atomic mass is 16.5. The molecule has 1 atom stereocenters. The van der Waals surface area contributed by atoms with Crippen LogP contribution in [0.15, 0.2) is 12.2 Å². The molecule has 1 aliphatic heterocycles. The predicted molar refractivity (Wildman–Crippen MR) is 68.9 cm³/mol. The van der Waals surface area contributed by atoms with E-state index in [9.17, 15) is 4.79 Å². The first-order chi connectivity index (χ1) is 8.27. The average Bonchev–Trinajstić information content (AvgIpc) is 2.76. The van der Waals surface area contributed by atoms with Crippen LogP contribution >= 0.6 is 0 Å². The zero-order valence-electron chi connectivity index (χ0n) is 10.9. The molecular weight excluding hydrogens is 216 g/mol. The van der Waals surface area contributed by atoms with E-state index in [1.165, 1.54) is 25.5 Å². The Balaban J connectivity index is 2.09. The second kappa shape index (κ2) is 8.25. The maximum atomic E-state index is 11.0. The molecule has 1 rings (SSSR count). The summed E-state index contributed by atoms with van der Waals surface area (Å²) in [5, 5.41) is 3.35. The molecule has 0 aromatic carbocycles. The number of likely N-dealkylation sites (N-methyl/N-ethyl adjacent to an activating group) is 1. The third-order valence-corrected chi connectivity index (χ3v) is 3.09. The monoisotopic (exact) mass is 240 g/mol. The number of ether oxygens (including phenoxy) is 1. The van der Waals surface area contributed by atoms with E-state index < -0.39 is 0 Å². The lowest BCUT2D eigenvalue weighted by molar-refractivity contribution is -0.137. The molecule has 0 bridgehead atoms. The summed E-state index contributed by atoms with van der Waals surface area (Å²) in [6.07, 6.45) is 5.90. The van der Waals surface area contributed by atoms with E-state index in [0.29, 0.717) is 12.6 Å². The SMILES string of the molecule is CCOC(=O)/C=C/CNCC1CCCN1CC. The van der Waals surface area contributed by atoms with Crippen molar-refractivity contribution in [3.05, 3.63) is 12.2 Å². The highest BCUT2D eigenvalue weighted by molar-refractivity contribution is 5.81. The lowest BCUT2D eigenvalue weighted by Crippen LogP contribution is -2.37. The van der Waals surface area contributed by atoms with Crippen LogP contribution in [-0.4, -0.2) is 49.7 Å². The average molecular weight is 240 g/mol. The first-order valence-corrected chi connectivity index (χ1v) is 6.56. The molecule has 0 amide bonds. The van der Waals surface area contributed by atoms with Gasteiger partial charge in [0.05, 0.1) is 6.61 Å². The van der Waals surface area contributed by atoms with Gasteiger partial charge in [-0.15, -0.1) is 0 Å². The Labute approximate surface area is 104 Å². The molecule has 4 nitrogen and oxygen atoms in total. The van der Waals surface area contributed by atoms with Crippen LogP contribution in [0.2, 0.25) is 0 Å². The fourth-order valence-electron chi connectivity index (χ4n) is 2.22. The normalized spacial score (nSPS) is 21.2. The van der Waals surface area contributed by atoms with E-state index in [0.717, 1.165) is 19.6 Å². The van der Waals surface area contributed by atoms with Gasteiger partial charge in [-0.05, 0) is 32.9 Å². The van der Waals surface area contributed by atoms with Crippen molar-refractivity contribution in [1.82, 2.24) is 10.2 Å². The maximum absolute atomic E-state index is 11.0. The van der Waals surface area contributed by atoms with Crippen LogP contribution in [0, 0.1) is 0 Å². The van der Waals surface area contributed by atoms with Crippen LogP contribution in [0.3, 0.4) is 0 Å². The van der Waals surface area contributed by atoms with Gasteiger partial charge in [-0.25, -0.2) is 4.79 Å². The van der Waals surface area contributed by atoms with Gasteiger partial charge in [0, 0.05) is 25.2 Å². The van der Waals surface area contributed by atoms with Gasteiger partial charge in [-0.1, -0.05) is 13.0 Å². The van der Waals surface area contributed by atoms with Crippen LogP contribution < -0.4 is 5.32 Å². The van der Waals surface area contributed by atoms with E-state index in [1.54, 1.807) is 0 Å². The van der Waals surface area contributed by atoms with E-state index in [2.05, 4.69) is 17.1 Å². The van der Waals surface area contributed by atoms with Crippen molar-refractivity contribution in [1.29, 1.82) is 0 Å². The van der Waals surface area contributed by atoms with Crippen molar-refractivity contribution in [3.63, 3.8) is 0 Å². The number of nitrogens with zero attached hydrogens (tertiary/aromatic N) is 1. The number of hydrogen-bond acceptors (Lipinski definition) is 4. The molecule has 0 aliphatic carbocycles.